The highest BCUT2D eigenvalue weighted by atomic mass is 19.3. The molecule has 8 nitrogen and oxygen atoms in total. The zero-order valence-corrected chi connectivity index (χ0v) is 10.5. The van der Waals surface area contributed by atoms with E-state index in [0.717, 1.165) is 4.68 Å². The van der Waals surface area contributed by atoms with Crippen molar-refractivity contribution in [2.75, 3.05) is 13.2 Å². The molecule has 0 aliphatic heterocycles. The van der Waals surface area contributed by atoms with Gasteiger partial charge in [-0.1, -0.05) is 5.21 Å². The number of carbonyl (C=O) groups excluding carboxylic acids is 1. The topological polar surface area (TPSA) is 106 Å². The second kappa shape index (κ2) is 8.15. The Morgan fingerprint density at radius 1 is 1.50 bits per heavy atom. The fraction of sp³-hybridized carbons (Fsp3) is 0.600. The lowest BCUT2D eigenvalue weighted by Crippen LogP contribution is -2.24. The molecule has 1 heterocycles. The van der Waals surface area contributed by atoms with Crippen LogP contribution < -0.4 is 5.32 Å². The summed E-state index contributed by atoms with van der Waals surface area (Å²) in [6, 6.07) is 0. The molecule has 112 valence electrons. The van der Waals surface area contributed by atoms with Crippen molar-refractivity contribution in [3.05, 3.63) is 11.9 Å². The number of carboxylic acid groups (broad SMARTS) is 1. The van der Waals surface area contributed by atoms with Gasteiger partial charge in [-0.2, -0.15) is 0 Å². The molecule has 1 rings (SSSR count). The Morgan fingerprint density at radius 3 is 2.90 bits per heavy atom. The molecule has 0 saturated carbocycles. The molecule has 2 N–H and O–H groups in total. The number of hydrogen-bond donors (Lipinski definition) is 2. The highest BCUT2D eigenvalue weighted by Gasteiger charge is 2.07. The molecule has 1 aromatic rings. The van der Waals surface area contributed by atoms with E-state index >= 15 is 0 Å². The Labute approximate surface area is 112 Å². The molecule has 1 amide bonds. The highest BCUT2D eigenvalue weighted by molar-refractivity contribution is 5.75. The fourth-order valence-corrected chi connectivity index (χ4v) is 1.25. The van der Waals surface area contributed by atoms with Gasteiger partial charge in [0.15, 0.2) is 0 Å². The number of halogens is 2. The minimum atomic E-state index is -2.55. The van der Waals surface area contributed by atoms with E-state index in [1.54, 1.807) is 0 Å². The number of aromatic nitrogens is 3. The van der Waals surface area contributed by atoms with Gasteiger partial charge in [0.25, 0.3) is 6.43 Å². The molecule has 0 unspecified atom stereocenters. The summed E-state index contributed by atoms with van der Waals surface area (Å²) in [5, 5.41) is 18.2. The molecular weight excluding hydrogens is 278 g/mol. The Hall–Kier alpha value is -2.10. The number of rotatable bonds is 9. The lowest BCUT2D eigenvalue weighted by Gasteiger charge is -2.04. The predicted molar refractivity (Wildman–Crippen MR) is 60.9 cm³/mol. The first-order chi connectivity index (χ1) is 9.47. The van der Waals surface area contributed by atoms with Crippen molar-refractivity contribution in [1.29, 1.82) is 0 Å². The second-order valence-corrected chi connectivity index (χ2v) is 3.79. The maximum atomic E-state index is 11.7. The van der Waals surface area contributed by atoms with Gasteiger partial charge in [-0.3, -0.25) is 9.59 Å². The number of carbonyl (C=O) groups is 2. The molecule has 0 saturated heterocycles. The summed E-state index contributed by atoms with van der Waals surface area (Å²) in [5.74, 6) is -1.44. The van der Waals surface area contributed by atoms with Crippen molar-refractivity contribution in [3.63, 3.8) is 0 Å². The van der Waals surface area contributed by atoms with Crippen LogP contribution in [0.4, 0.5) is 8.78 Å². The van der Waals surface area contributed by atoms with Gasteiger partial charge in [0.2, 0.25) is 5.91 Å². The lowest BCUT2D eigenvalue weighted by atomic mass is 10.4. The summed E-state index contributed by atoms with van der Waals surface area (Å²) in [4.78, 5) is 21.7. The van der Waals surface area contributed by atoms with Crippen molar-refractivity contribution < 1.29 is 28.2 Å². The quantitative estimate of drug-likeness (QED) is 0.603. The number of nitrogens with one attached hydrogen (secondary N) is 1. The van der Waals surface area contributed by atoms with E-state index in [0.29, 0.717) is 5.69 Å². The first-order valence-electron chi connectivity index (χ1n) is 5.70. The summed E-state index contributed by atoms with van der Waals surface area (Å²) in [7, 11) is 0. The van der Waals surface area contributed by atoms with Crippen LogP contribution in [-0.4, -0.2) is 51.6 Å². The van der Waals surface area contributed by atoms with E-state index in [9.17, 15) is 18.4 Å². The van der Waals surface area contributed by atoms with Crippen LogP contribution in [0.2, 0.25) is 0 Å². The summed E-state index contributed by atoms with van der Waals surface area (Å²) in [5.41, 5.74) is 0.396. The third-order valence-electron chi connectivity index (χ3n) is 2.07. The third-order valence-corrected chi connectivity index (χ3v) is 2.07. The standard InChI is InChI=1S/C10H14F2N4O4/c11-8(12)6-20-2-1-9(17)13-3-7-4-16(15-14-7)5-10(18)19/h4,8H,1-3,5-6H2,(H,13,17)(H,18,19). The van der Waals surface area contributed by atoms with Crippen LogP contribution in [0, 0.1) is 0 Å². The zero-order chi connectivity index (χ0) is 15.0. The molecular formula is C10H14F2N4O4. The Morgan fingerprint density at radius 2 is 2.25 bits per heavy atom. The minimum Gasteiger partial charge on any atom is -0.480 e. The van der Waals surface area contributed by atoms with Gasteiger partial charge in [0.05, 0.1) is 19.3 Å². The second-order valence-electron chi connectivity index (χ2n) is 3.79. The average Bonchev–Trinajstić information content (AvgIpc) is 2.78. The van der Waals surface area contributed by atoms with Gasteiger partial charge in [0, 0.05) is 6.42 Å². The first-order valence-corrected chi connectivity index (χ1v) is 5.70. The van der Waals surface area contributed by atoms with Crippen LogP contribution in [0.25, 0.3) is 0 Å². The van der Waals surface area contributed by atoms with E-state index in [1.807, 2.05) is 0 Å². The van der Waals surface area contributed by atoms with Crippen molar-refractivity contribution >= 4 is 11.9 Å². The van der Waals surface area contributed by atoms with E-state index in [2.05, 4.69) is 20.4 Å². The SMILES string of the molecule is O=C(O)Cn1cc(CNC(=O)CCOCC(F)F)nn1. The van der Waals surface area contributed by atoms with Crippen molar-refractivity contribution in [2.45, 2.75) is 25.9 Å². The predicted octanol–water partition coefficient (Wildman–Crippen LogP) is -0.349. The molecule has 0 aliphatic rings. The summed E-state index contributed by atoms with van der Waals surface area (Å²) >= 11 is 0. The van der Waals surface area contributed by atoms with Crippen molar-refractivity contribution in [3.8, 4) is 0 Å². The number of amides is 1. The van der Waals surface area contributed by atoms with Gasteiger partial charge >= 0.3 is 5.97 Å². The molecule has 10 heteroatoms. The van der Waals surface area contributed by atoms with E-state index in [-0.39, 0.29) is 32.0 Å². The molecule has 0 radical (unpaired) electrons. The lowest BCUT2D eigenvalue weighted by molar-refractivity contribution is -0.138. The average molecular weight is 292 g/mol. The number of hydrogen-bond acceptors (Lipinski definition) is 5. The Balaban J connectivity index is 2.20. The molecule has 1 aromatic heterocycles. The molecule has 0 aliphatic carbocycles. The van der Waals surface area contributed by atoms with Gasteiger partial charge in [-0.05, 0) is 0 Å². The van der Waals surface area contributed by atoms with Crippen LogP contribution in [-0.2, 0) is 27.4 Å². The van der Waals surface area contributed by atoms with Crippen LogP contribution in [0.15, 0.2) is 6.20 Å². The fourth-order valence-electron chi connectivity index (χ4n) is 1.25. The van der Waals surface area contributed by atoms with Gasteiger partial charge < -0.3 is 15.2 Å². The van der Waals surface area contributed by atoms with E-state index in [4.69, 9.17) is 5.11 Å². The Kier molecular flexibility index (Phi) is 6.50. The van der Waals surface area contributed by atoms with Crippen molar-refractivity contribution in [2.24, 2.45) is 0 Å². The summed E-state index contributed by atoms with van der Waals surface area (Å²) < 4.78 is 29.2. The number of nitrogens with zero attached hydrogens (tertiary/aromatic N) is 3. The van der Waals surface area contributed by atoms with E-state index in [1.165, 1.54) is 6.20 Å². The third kappa shape index (κ3) is 6.73. The van der Waals surface area contributed by atoms with Crippen LogP contribution >= 0.6 is 0 Å². The number of carboxylic acids is 1. The van der Waals surface area contributed by atoms with Crippen LogP contribution in [0.5, 0.6) is 0 Å². The number of alkyl halides is 2. The molecule has 0 aromatic carbocycles. The monoisotopic (exact) mass is 292 g/mol. The summed E-state index contributed by atoms with van der Waals surface area (Å²) in [6.07, 6.45) is -1.21. The van der Waals surface area contributed by atoms with Gasteiger partial charge in [-0.15, -0.1) is 5.10 Å². The normalized spacial score (nSPS) is 10.8. The zero-order valence-electron chi connectivity index (χ0n) is 10.5. The first kappa shape index (κ1) is 16.0. The van der Waals surface area contributed by atoms with Gasteiger partial charge in [0.1, 0.15) is 18.8 Å². The highest BCUT2D eigenvalue weighted by Crippen LogP contribution is 1.95. The molecule has 0 fully saturated rings. The largest absolute Gasteiger partial charge is 0.480 e. The smallest absolute Gasteiger partial charge is 0.325 e. The summed E-state index contributed by atoms with van der Waals surface area (Å²) in [6.45, 7) is -1.03. The molecule has 0 spiro atoms. The molecule has 0 bridgehead atoms. The Bertz CT molecular complexity index is 452. The molecule has 0 atom stereocenters. The van der Waals surface area contributed by atoms with Crippen LogP contribution in [0.1, 0.15) is 12.1 Å². The van der Waals surface area contributed by atoms with Gasteiger partial charge in [-0.25, -0.2) is 13.5 Å². The maximum absolute atomic E-state index is 11.7. The maximum Gasteiger partial charge on any atom is 0.325 e. The molecule has 20 heavy (non-hydrogen) atoms. The van der Waals surface area contributed by atoms with Crippen LogP contribution in [0.3, 0.4) is 0 Å². The van der Waals surface area contributed by atoms with Crippen molar-refractivity contribution in [1.82, 2.24) is 20.3 Å². The number of ether oxygens (including phenoxy) is 1. The minimum absolute atomic E-state index is 0.0457. The number of aliphatic carboxylic acids is 1. The van der Waals surface area contributed by atoms with E-state index < -0.39 is 19.0 Å².